The van der Waals surface area contributed by atoms with E-state index in [1.165, 1.54) is 11.8 Å². The van der Waals surface area contributed by atoms with E-state index in [1.54, 1.807) is 0 Å². The Labute approximate surface area is 76.5 Å². The average molecular weight is 183 g/mol. The minimum atomic E-state index is -0.826. The van der Waals surface area contributed by atoms with E-state index in [9.17, 15) is 9.59 Å². The maximum atomic E-state index is 11.1. The summed E-state index contributed by atoms with van der Waals surface area (Å²) in [5.74, 6) is -0.929. The lowest BCUT2D eigenvalue weighted by Gasteiger charge is -2.13. The molecule has 4 nitrogen and oxygen atoms in total. The van der Waals surface area contributed by atoms with E-state index < -0.39 is 11.5 Å². The van der Waals surface area contributed by atoms with Crippen molar-refractivity contribution in [2.24, 2.45) is 0 Å². The molecule has 13 heavy (non-hydrogen) atoms. The monoisotopic (exact) mass is 183 g/mol. The summed E-state index contributed by atoms with van der Waals surface area (Å²) >= 11 is 0. The molecular formula is C9H13NO3. The number of carbonyl (C=O) groups excluding carboxylic acids is 1. The van der Waals surface area contributed by atoms with E-state index in [0.29, 0.717) is 6.42 Å². The number of likely N-dealkylation sites (tertiary alicyclic amines) is 1. The molecule has 1 saturated heterocycles. The lowest BCUT2D eigenvalue weighted by atomic mass is 9.89. The molecule has 1 N–H and O–H groups in total. The van der Waals surface area contributed by atoms with Crippen LogP contribution in [0.25, 0.3) is 0 Å². The molecule has 4 heteroatoms. The van der Waals surface area contributed by atoms with Crippen molar-refractivity contribution in [2.45, 2.75) is 44.2 Å². The second-order valence-corrected chi connectivity index (χ2v) is 3.88. The van der Waals surface area contributed by atoms with Gasteiger partial charge in [0, 0.05) is 6.92 Å². The first-order chi connectivity index (χ1) is 6.10. The Morgan fingerprint density at radius 3 is 2.62 bits per heavy atom. The molecule has 2 aliphatic rings. The molecule has 0 aromatic heterocycles. The molecule has 1 amide bonds. The number of carboxylic acid groups (broad SMARTS) is 1. The first-order valence-electron chi connectivity index (χ1n) is 4.64. The fraction of sp³-hybridized carbons (Fsp3) is 0.778. The van der Waals surface area contributed by atoms with E-state index in [0.717, 1.165) is 19.3 Å². The molecule has 2 atom stereocenters. The van der Waals surface area contributed by atoms with Crippen LogP contribution in [0.1, 0.15) is 32.6 Å². The molecule has 0 bridgehead atoms. The van der Waals surface area contributed by atoms with E-state index in [1.807, 2.05) is 0 Å². The molecule has 0 spiro atoms. The van der Waals surface area contributed by atoms with Gasteiger partial charge in [-0.15, -0.1) is 0 Å². The second kappa shape index (κ2) is 2.47. The molecule has 2 fully saturated rings. The van der Waals surface area contributed by atoms with Gasteiger partial charge >= 0.3 is 5.97 Å². The van der Waals surface area contributed by atoms with Crippen LogP contribution < -0.4 is 0 Å². The number of aliphatic carboxylic acids is 1. The smallest absolute Gasteiger partial charge is 0.331 e. The normalized spacial score (nSPS) is 36.7. The molecule has 1 saturated carbocycles. The van der Waals surface area contributed by atoms with Gasteiger partial charge in [-0.1, -0.05) is 12.8 Å². The van der Waals surface area contributed by atoms with Gasteiger partial charge in [-0.25, -0.2) is 4.79 Å². The quantitative estimate of drug-likeness (QED) is 0.606. The van der Waals surface area contributed by atoms with Crippen LogP contribution in [0, 0.1) is 0 Å². The number of nitrogens with zero attached hydrogens (tertiary/aromatic N) is 1. The maximum Gasteiger partial charge on any atom is 0.331 e. The van der Waals surface area contributed by atoms with Crippen molar-refractivity contribution in [3.05, 3.63) is 0 Å². The third-order valence-corrected chi connectivity index (χ3v) is 3.22. The van der Waals surface area contributed by atoms with Gasteiger partial charge in [-0.3, -0.25) is 4.79 Å². The summed E-state index contributed by atoms with van der Waals surface area (Å²) in [4.78, 5) is 23.7. The van der Waals surface area contributed by atoms with Crippen LogP contribution in [0.4, 0.5) is 0 Å². The Hall–Kier alpha value is -1.06. The number of fused-ring (bicyclic) bond motifs is 1. The lowest BCUT2D eigenvalue weighted by Crippen LogP contribution is -2.33. The van der Waals surface area contributed by atoms with Crippen molar-refractivity contribution >= 4 is 11.9 Å². The summed E-state index contributed by atoms with van der Waals surface area (Å²) < 4.78 is 0. The number of hydrogen-bond donors (Lipinski definition) is 1. The highest BCUT2D eigenvalue weighted by Gasteiger charge is 2.69. The SMILES string of the molecule is CC(=O)N1C2CCCCC21C(=O)O. The third kappa shape index (κ3) is 0.913. The van der Waals surface area contributed by atoms with Crippen molar-refractivity contribution in [1.82, 2.24) is 4.90 Å². The summed E-state index contributed by atoms with van der Waals surface area (Å²) in [5, 5.41) is 9.06. The Balaban J connectivity index is 2.25. The van der Waals surface area contributed by atoms with Crippen molar-refractivity contribution in [3.63, 3.8) is 0 Å². The number of hydrogen-bond acceptors (Lipinski definition) is 2. The summed E-state index contributed by atoms with van der Waals surface area (Å²) in [6.07, 6.45) is 3.45. The third-order valence-electron chi connectivity index (χ3n) is 3.22. The highest BCUT2D eigenvalue weighted by Crippen LogP contribution is 2.51. The lowest BCUT2D eigenvalue weighted by molar-refractivity contribution is -0.144. The van der Waals surface area contributed by atoms with Gasteiger partial charge in [0.2, 0.25) is 5.91 Å². The molecule has 0 aromatic rings. The molecule has 2 unspecified atom stereocenters. The van der Waals surface area contributed by atoms with Crippen LogP contribution in [0.5, 0.6) is 0 Å². The average Bonchev–Trinajstić information content (AvgIpc) is 2.73. The fourth-order valence-electron chi connectivity index (χ4n) is 2.63. The Morgan fingerprint density at radius 1 is 1.46 bits per heavy atom. The first-order valence-corrected chi connectivity index (χ1v) is 4.64. The zero-order chi connectivity index (χ0) is 9.64. The van der Waals surface area contributed by atoms with Crippen molar-refractivity contribution in [3.8, 4) is 0 Å². The van der Waals surface area contributed by atoms with Gasteiger partial charge in [-0.05, 0) is 12.8 Å². The highest BCUT2D eigenvalue weighted by atomic mass is 16.4. The number of carboxylic acids is 1. The molecule has 1 heterocycles. The fourth-order valence-corrected chi connectivity index (χ4v) is 2.63. The predicted molar refractivity (Wildman–Crippen MR) is 45.1 cm³/mol. The van der Waals surface area contributed by atoms with E-state index in [4.69, 9.17) is 5.11 Å². The maximum absolute atomic E-state index is 11.1. The largest absolute Gasteiger partial charge is 0.479 e. The molecule has 1 aliphatic heterocycles. The zero-order valence-electron chi connectivity index (χ0n) is 7.62. The topological polar surface area (TPSA) is 57.4 Å². The minimum Gasteiger partial charge on any atom is -0.479 e. The van der Waals surface area contributed by atoms with Gasteiger partial charge < -0.3 is 10.0 Å². The number of rotatable bonds is 1. The molecule has 0 radical (unpaired) electrons. The Bertz CT molecular complexity index is 276. The minimum absolute atomic E-state index is 0.0174. The van der Waals surface area contributed by atoms with Crippen LogP contribution in [0.2, 0.25) is 0 Å². The van der Waals surface area contributed by atoms with E-state index in [2.05, 4.69) is 0 Å². The molecular weight excluding hydrogens is 170 g/mol. The van der Waals surface area contributed by atoms with Gasteiger partial charge in [0.1, 0.15) is 0 Å². The van der Waals surface area contributed by atoms with Crippen molar-refractivity contribution in [2.75, 3.05) is 0 Å². The van der Waals surface area contributed by atoms with E-state index >= 15 is 0 Å². The predicted octanol–water partition coefficient (Wildman–Crippen LogP) is 0.615. The van der Waals surface area contributed by atoms with E-state index in [-0.39, 0.29) is 11.9 Å². The molecule has 72 valence electrons. The van der Waals surface area contributed by atoms with Gasteiger partial charge in [0.15, 0.2) is 5.54 Å². The number of amides is 1. The molecule has 2 rings (SSSR count). The van der Waals surface area contributed by atoms with Gasteiger partial charge in [0.25, 0.3) is 0 Å². The second-order valence-electron chi connectivity index (χ2n) is 3.88. The highest BCUT2D eigenvalue weighted by molar-refractivity contribution is 5.93. The molecule has 1 aliphatic carbocycles. The van der Waals surface area contributed by atoms with Crippen LogP contribution >= 0.6 is 0 Å². The summed E-state index contributed by atoms with van der Waals surface area (Å²) in [5.41, 5.74) is -0.815. The first kappa shape index (κ1) is 8.53. The summed E-state index contributed by atoms with van der Waals surface area (Å²) in [6.45, 7) is 1.45. The summed E-state index contributed by atoms with van der Waals surface area (Å²) in [7, 11) is 0. The van der Waals surface area contributed by atoms with Crippen molar-refractivity contribution < 1.29 is 14.7 Å². The Kier molecular flexibility index (Phi) is 1.62. The summed E-state index contributed by atoms with van der Waals surface area (Å²) in [6, 6.07) is -0.0174. The number of carbonyl (C=O) groups is 2. The van der Waals surface area contributed by atoms with Gasteiger partial charge in [0.05, 0.1) is 6.04 Å². The van der Waals surface area contributed by atoms with Crippen LogP contribution in [0.3, 0.4) is 0 Å². The van der Waals surface area contributed by atoms with Crippen molar-refractivity contribution in [1.29, 1.82) is 0 Å². The van der Waals surface area contributed by atoms with Crippen LogP contribution in [-0.4, -0.2) is 33.5 Å². The zero-order valence-corrected chi connectivity index (χ0v) is 7.62. The standard InChI is InChI=1S/C9H13NO3/c1-6(11)10-7-4-2-3-5-9(7,10)8(12)13/h7H,2-5H2,1H3,(H,12,13). The van der Waals surface area contributed by atoms with Crippen LogP contribution in [0.15, 0.2) is 0 Å². The molecule has 0 aromatic carbocycles. The van der Waals surface area contributed by atoms with Crippen LogP contribution in [-0.2, 0) is 9.59 Å². The van der Waals surface area contributed by atoms with Gasteiger partial charge in [-0.2, -0.15) is 0 Å². The Morgan fingerprint density at radius 2 is 2.15 bits per heavy atom.